The molecular weight excluding hydrogens is 407 g/mol. The number of amides is 2. The predicted molar refractivity (Wildman–Crippen MR) is 112 cm³/mol. The summed E-state index contributed by atoms with van der Waals surface area (Å²) in [5, 5.41) is 16.0. The van der Waals surface area contributed by atoms with E-state index in [1.807, 2.05) is 0 Å². The van der Waals surface area contributed by atoms with Crippen LogP contribution in [0, 0.1) is 5.82 Å². The van der Waals surface area contributed by atoms with Crippen LogP contribution in [0.2, 0.25) is 0 Å². The van der Waals surface area contributed by atoms with Crippen LogP contribution < -0.4 is 10.6 Å². The first kappa shape index (κ1) is 20.3. The van der Waals surface area contributed by atoms with Crippen LogP contribution in [0.4, 0.5) is 9.18 Å². The minimum atomic E-state index is -1.18. The van der Waals surface area contributed by atoms with Crippen LogP contribution in [0.15, 0.2) is 24.4 Å². The van der Waals surface area contributed by atoms with Crippen molar-refractivity contribution in [3.8, 4) is 0 Å². The number of aryl methyl sites for hydroxylation is 2. The Kier molecular flexibility index (Phi) is 5.98. The van der Waals surface area contributed by atoms with Crippen molar-refractivity contribution in [1.29, 1.82) is 0 Å². The van der Waals surface area contributed by atoms with E-state index in [2.05, 4.69) is 20.6 Å². The number of nitrogens with one attached hydrogen (secondary N) is 3. The molecule has 1 atom stereocenters. The molecule has 0 saturated heterocycles. The lowest BCUT2D eigenvalue weighted by Crippen LogP contribution is -2.47. The molecule has 4 rings (SSSR count). The van der Waals surface area contributed by atoms with Crippen molar-refractivity contribution in [2.24, 2.45) is 0 Å². The highest BCUT2D eigenvalue weighted by Crippen LogP contribution is 2.26. The molecule has 3 aromatic rings. The second-order valence-corrected chi connectivity index (χ2v) is 8.57. The number of carboxylic acid groups (broad SMARTS) is 1. The molecule has 0 fully saturated rings. The van der Waals surface area contributed by atoms with Crippen molar-refractivity contribution in [3.63, 3.8) is 0 Å². The molecular formula is C21H23FN4O3S. The van der Waals surface area contributed by atoms with Crippen molar-refractivity contribution in [2.45, 2.75) is 44.6 Å². The molecule has 0 radical (unpaired) electrons. The Labute approximate surface area is 176 Å². The summed E-state index contributed by atoms with van der Waals surface area (Å²) < 4.78 is 14.1. The number of carbonyl (C=O) groups excluding carboxylic acids is 1. The summed E-state index contributed by atoms with van der Waals surface area (Å²) in [6.07, 6.45) is 6.64. The molecule has 7 nitrogen and oxygen atoms in total. The van der Waals surface area contributed by atoms with E-state index in [0.717, 1.165) is 17.8 Å². The van der Waals surface area contributed by atoms with Gasteiger partial charge < -0.3 is 20.7 Å². The average molecular weight is 431 g/mol. The molecule has 4 N–H and O–H groups in total. The van der Waals surface area contributed by atoms with Gasteiger partial charge in [0.05, 0.1) is 10.7 Å². The number of urea groups is 1. The lowest BCUT2D eigenvalue weighted by molar-refractivity contribution is -0.139. The third-order valence-corrected chi connectivity index (χ3v) is 6.50. The van der Waals surface area contributed by atoms with Gasteiger partial charge in [0.2, 0.25) is 0 Å². The molecule has 1 aliphatic carbocycles. The summed E-state index contributed by atoms with van der Waals surface area (Å²) in [6.45, 7) is 0.367. The molecule has 2 amide bonds. The summed E-state index contributed by atoms with van der Waals surface area (Å²) in [5.41, 5.74) is 2.27. The van der Waals surface area contributed by atoms with Gasteiger partial charge in [-0.25, -0.2) is 19.0 Å². The number of hydrogen-bond donors (Lipinski definition) is 4. The van der Waals surface area contributed by atoms with E-state index in [4.69, 9.17) is 0 Å². The topological polar surface area (TPSA) is 107 Å². The maximum absolute atomic E-state index is 14.1. The zero-order chi connectivity index (χ0) is 21.1. The molecule has 0 aliphatic heterocycles. The molecule has 2 heterocycles. The Morgan fingerprint density at radius 2 is 2.13 bits per heavy atom. The molecule has 2 aromatic heterocycles. The van der Waals surface area contributed by atoms with Crippen LogP contribution in [0.1, 0.15) is 34.0 Å². The van der Waals surface area contributed by atoms with Gasteiger partial charge >= 0.3 is 12.0 Å². The lowest BCUT2D eigenvalue weighted by atomic mass is 10.0. The summed E-state index contributed by atoms with van der Waals surface area (Å²) in [7, 11) is 0. The molecule has 0 saturated carbocycles. The van der Waals surface area contributed by atoms with Crippen molar-refractivity contribution < 1.29 is 19.1 Å². The van der Waals surface area contributed by atoms with Crippen LogP contribution >= 0.6 is 11.3 Å². The molecule has 158 valence electrons. The Morgan fingerprint density at radius 1 is 1.30 bits per heavy atom. The fourth-order valence-corrected chi connectivity index (χ4v) is 4.95. The summed E-state index contributed by atoms with van der Waals surface area (Å²) >= 11 is 1.70. The zero-order valence-corrected chi connectivity index (χ0v) is 17.2. The molecule has 1 aliphatic rings. The van der Waals surface area contributed by atoms with Gasteiger partial charge in [0.25, 0.3) is 0 Å². The fraction of sp³-hybridized carbons (Fsp3) is 0.381. The third-order valence-electron chi connectivity index (χ3n) is 5.28. The normalized spacial score (nSPS) is 14.3. The van der Waals surface area contributed by atoms with Crippen LogP contribution in [-0.2, 0) is 30.5 Å². The third kappa shape index (κ3) is 4.46. The number of carboxylic acids is 1. The minimum absolute atomic E-state index is 0.0249. The van der Waals surface area contributed by atoms with Gasteiger partial charge in [-0.05, 0) is 43.4 Å². The van der Waals surface area contributed by atoms with Crippen LogP contribution in [0.5, 0.6) is 0 Å². The first-order valence-corrected chi connectivity index (χ1v) is 10.8. The second-order valence-electron chi connectivity index (χ2n) is 7.41. The number of rotatable bonds is 7. The molecule has 0 spiro atoms. The average Bonchev–Trinajstić information content (AvgIpc) is 3.32. The number of halogens is 1. The smallest absolute Gasteiger partial charge is 0.326 e. The molecule has 9 heteroatoms. The van der Waals surface area contributed by atoms with E-state index in [-0.39, 0.29) is 6.42 Å². The highest BCUT2D eigenvalue weighted by Gasteiger charge is 2.23. The second kappa shape index (κ2) is 8.83. The molecule has 1 aromatic carbocycles. The summed E-state index contributed by atoms with van der Waals surface area (Å²) in [5.74, 6) is -1.60. The lowest BCUT2D eigenvalue weighted by Gasteiger charge is -2.15. The number of aromatic nitrogens is 2. The largest absolute Gasteiger partial charge is 0.480 e. The fourth-order valence-electron chi connectivity index (χ4n) is 3.79. The van der Waals surface area contributed by atoms with E-state index in [1.165, 1.54) is 29.5 Å². The van der Waals surface area contributed by atoms with Crippen LogP contribution in [0.3, 0.4) is 0 Å². The summed E-state index contributed by atoms with van der Waals surface area (Å²) in [6, 6.07) is 2.89. The maximum atomic E-state index is 14.1. The van der Waals surface area contributed by atoms with Gasteiger partial charge in [0, 0.05) is 41.4 Å². The number of thiazole rings is 1. The Morgan fingerprint density at radius 3 is 2.93 bits per heavy atom. The Hall–Kier alpha value is -2.94. The van der Waals surface area contributed by atoms with Gasteiger partial charge in [-0.2, -0.15) is 0 Å². The van der Waals surface area contributed by atoms with Crippen LogP contribution in [0.25, 0.3) is 10.9 Å². The van der Waals surface area contributed by atoms with Crippen molar-refractivity contribution >= 4 is 34.2 Å². The molecule has 30 heavy (non-hydrogen) atoms. The van der Waals surface area contributed by atoms with Crippen molar-refractivity contribution in [1.82, 2.24) is 20.6 Å². The van der Waals surface area contributed by atoms with E-state index < -0.39 is 23.9 Å². The number of benzene rings is 1. The number of aliphatic carboxylic acids is 1. The predicted octanol–water partition coefficient (Wildman–Crippen LogP) is 3.18. The maximum Gasteiger partial charge on any atom is 0.326 e. The standard InChI is InChI=1S/C21H23FN4O3S/c22-13-4-3-6-15-19(13)12(11-24-15)10-16(20(27)28)26-21(29)23-9-8-18-25-14-5-1-2-7-17(14)30-18/h3-4,6,11,16,24H,1-2,5,7-10H2,(H,27,28)(H2,23,26,29). The number of carbonyl (C=O) groups is 2. The van der Waals surface area contributed by atoms with E-state index in [1.54, 1.807) is 29.7 Å². The van der Waals surface area contributed by atoms with Crippen molar-refractivity contribution in [2.75, 3.05) is 6.54 Å². The molecule has 1 unspecified atom stereocenters. The SMILES string of the molecule is O=C(NCCc1nc2c(s1)CCCC2)NC(Cc1c[nH]c2cccc(F)c12)C(=O)O. The van der Waals surface area contributed by atoms with Gasteiger partial charge in [-0.15, -0.1) is 11.3 Å². The van der Waals surface area contributed by atoms with E-state index >= 15 is 0 Å². The number of hydrogen-bond acceptors (Lipinski definition) is 4. The van der Waals surface area contributed by atoms with E-state index in [9.17, 15) is 19.1 Å². The quantitative estimate of drug-likeness (QED) is 0.462. The van der Waals surface area contributed by atoms with Crippen LogP contribution in [-0.4, -0.2) is 39.7 Å². The number of H-pyrrole nitrogens is 1. The number of aromatic amines is 1. The number of nitrogens with zero attached hydrogens (tertiary/aromatic N) is 1. The first-order chi connectivity index (χ1) is 14.5. The van der Waals surface area contributed by atoms with Gasteiger partial charge in [0.1, 0.15) is 11.9 Å². The molecule has 0 bridgehead atoms. The summed E-state index contributed by atoms with van der Waals surface area (Å²) in [4.78, 5) is 32.8. The monoisotopic (exact) mass is 430 g/mol. The highest BCUT2D eigenvalue weighted by molar-refractivity contribution is 7.11. The Balaban J connectivity index is 1.33. The number of fused-ring (bicyclic) bond motifs is 2. The zero-order valence-electron chi connectivity index (χ0n) is 16.3. The van der Waals surface area contributed by atoms with E-state index in [0.29, 0.717) is 29.4 Å². The van der Waals surface area contributed by atoms with Gasteiger partial charge in [-0.1, -0.05) is 6.07 Å². The van der Waals surface area contributed by atoms with Gasteiger partial charge in [-0.3, -0.25) is 0 Å². The van der Waals surface area contributed by atoms with Gasteiger partial charge in [0.15, 0.2) is 0 Å². The van der Waals surface area contributed by atoms with Crippen molar-refractivity contribution in [3.05, 3.63) is 51.4 Å². The first-order valence-electron chi connectivity index (χ1n) is 10.0. The highest BCUT2D eigenvalue weighted by atomic mass is 32.1. The Bertz CT molecular complexity index is 1050. The minimum Gasteiger partial charge on any atom is -0.480 e.